The first-order valence-electron chi connectivity index (χ1n) is 10.0. The van der Waals surface area contributed by atoms with Crippen molar-refractivity contribution < 1.29 is 9.53 Å². The molecule has 0 bridgehead atoms. The Morgan fingerprint density at radius 3 is 2.30 bits per heavy atom. The topological polar surface area (TPSA) is 58.6 Å². The van der Waals surface area contributed by atoms with Crippen LogP contribution in [0.15, 0.2) is 72.8 Å². The molecule has 6 heteroatoms. The summed E-state index contributed by atoms with van der Waals surface area (Å²) >= 11 is 0. The Kier molecular flexibility index (Phi) is 6.03. The molecule has 1 aromatic heterocycles. The first kappa shape index (κ1) is 19.6. The molecule has 0 N–H and O–H groups in total. The van der Waals surface area contributed by atoms with Crippen LogP contribution in [0.3, 0.4) is 0 Å². The highest BCUT2D eigenvalue weighted by molar-refractivity contribution is 5.91. The molecule has 1 amide bonds. The Morgan fingerprint density at radius 2 is 1.60 bits per heavy atom. The van der Waals surface area contributed by atoms with Gasteiger partial charge in [-0.2, -0.15) is 4.98 Å². The third kappa shape index (κ3) is 5.03. The van der Waals surface area contributed by atoms with Crippen molar-refractivity contribution in [3.8, 4) is 11.6 Å². The number of hydrogen-bond acceptors (Lipinski definition) is 5. The van der Waals surface area contributed by atoms with Crippen LogP contribution in [0.4, 0.5) is 5.82 Å². The maximum atomic E-state index is 12.5. The van der Waals surface area contributed by atoms with Crippen molar-refractivity contribution >= 4 is 17.8 Å². The average molecular weight is 400 g/mol. The van der Waals surface area contributed by atoms with E-state index in [-0.39, 0.29) is 5.91 Å². The Morgan fingerprint density at radius 1 is 0.933 bits per heavy atom. The number of anilines is 1. The fourth-order valence-electron chi connectivity index (χ4n) is 3.34. The molecule has 0 radical (unpaired) electrons. The van der Waals surface area contributed by atoms with E-state index >= 15 is 0 Å². The van der Waals surface area contributed by atoms with Gasteiger partial charge in [-0.15, -0.1) is 0 Å². The number of amides is 1. The van der Waals surface area contributed by atoms with E-state index in [1.165, 1.54) is 0 Å². The van der Waals surface area contributed by atoms with Crippen molar-refractivity contribution in [3.05, 3.63) is 84.2 Å². The highest BCUT2D eigenvalue weighted by atomic mass is 16.5. The lowest BCUT2D eigenvalue weighted by Crippen LogP contribution is -2.48. The summed E-state index contributed by atoms with van der Waals surface area (Å²) in [4.78, 5) is 25.5. The van der Waals surface area contributed by atoms with Crippen LogP contribution in [-0.2, 0) is 4.79 Å². The van der Waals surface area contributed by atoms with Gasteiger partial charge in [0.25, 0.3) is 0 Å². The molecule has 0 saturated carbocycles. The summed E-state index contributed by atoms with van der Waals surface area (Å²) in [6.45, 7) is 4.58. The summed E-state index contributed by atoms with van der Waals surface area (Å²) in [5.41, 5.74) is 1.02. The molecule has 0 aliphatic carbocycles. The predicted octanol–water partition coefficient (Wildman–Crippen LogP) is 3.94. The third-order valence-corrected chi connectivity index (χ3v) is 4.90. The van der Waals surface area contributed by atoms with E-state index in [2.05, 4.69) is 14.9 Å². The highest BCUT2D eigenvalue weighted by Gasteiger charge is 2.21. The molecule has 0 atom stereocenters. The molecule has 1 aliphatic rings. The molecule has 0 unspecified atom stereocenters. The van der Waals surface area contributed by atoms with Gasteiger partial charge in [0.2, 0.25) is 11.8 Å². The van der Waals surface area contributed by atoms with E-state index in [4.69, 9.17) is 4.74 Å². The number of hydrogen-bond donors (Lipinski definition) is 0. The van der Waals surface area contributed by atoms with E-state index in [1.807, 2.05) is 84.6 Å². The zero-order valence-corrected chi connectivity index (χ0v) is 16.9. The van der Waals surface area contributed by atoms with Gasteiger partial charge in [-0.05, 0) is 30.7 Å². The molecule has 1 saturated heterocycles. The maximum Gasteiger partial charge on any atom is 0.246 e. The number of piperazine rings is 1. The number of aryl methyl sites for hydroxylation is 1. The van der Waals surface area contributed by atoms with Crippen LogP contribution in [0.2, 0.25) is 0 Å². The van der Waals surface area contributed by atoms with Gasteiger partial charge in [0.15, 0.2) is 0 Å². The van der Waals surface area contributed by atoms with Gasteiger partial charge in [0, 0.05) is 38.3 Å². The van der Waals surface area contributed by atoms with Gasteiger partial charge in [0.05, 0.1) is 0 Å². The number of para-hydroxylation sites is 1. The number of ether oxygens (including phenoxy) is 1. The van der Waals surface area contributed by atoms with Crippen molar-refractivity contribution in [2.75, 3.05) is 31.1 Å². The number of aromatic nitrogens is 2. The number of benzene rings is 2. The van der Waals surface area contributed by atoms with Gasteiger partial charge in [-0.3, -0.25) is 4.79 Å². The molecular weight excluding hydrogens is 376 g/mol. The molecule has 3 aromatic rings. The lowest BCUT2D eigenvalue weighted by Gasteiger charge is -2.35. The minimum Gasteiger partial charge on any atom is -0.439 e. The summed E-state index contributed by atoms with van der Waals surface area (Å²) in [5, 5.41) is 0. The first-order valence-corrected chi connectivity index (χ1v) is 10.0. The molecule has 152 valence electrons. The van der Waals surface area contributed by atoms with E-state index < -0.39 is 0 Å². The van der Waals surface area contributed by atoms with Crippen LogP contribution >= 0.6 is 0 Å². The van der Waals surface area contributed by atoms with Crippen LogP contribution in [0, 0.1) is 6.92 Å². The number of rotatable bonds is 5. The second-order valence-electron chi connectivity index (χ2n) is 7.08. The number of carbonyl (C=O) groups excluding carboxylic acids is 1. The first-order chi connectivity index (χ1) is 14.7. The maximum absolute atomic E-state index is 12.5. The lowest BCUT2D eigenvalue weighted by molar-refractivity contribution is -0.126. The van der Waals surface area contributed by atoms with Gasteiger partial charge in [0.1, 0.15) is 17.4 Å². The van der Waals surface area contributed by atoms with Gasteiger partial charge in [-0.1, -0.05) is 48.5 Å². The van der Waals surface area contributed by atoms with E-state index in [0.29, 0.717) is 37.9 Å². The molecule has 0 spiro atoms. The standard InChI is InChI=1S/C24H24N4O2/c1-19-25-22(18-23(26-19)30-21-10-6-3-7-11-21)27-14-16-28(17-15-27)24(29)13-12-20-8-4-2-5-9-20/h2-13,18H,14-17H2,1H3. The van der Waals surface area contributed by atoms with Gasteiger partial charge in [-0.25, -0.2) is 4.98 Å². The summed E-state index contributed by atoms with van der Waals surface area (Å²) in [6, 6.07) is 21.3. The van der Waals surface area contributed by atoms with Crippen molar-refractivity contribution in [1.82, 2.24) is 14.9 Å². The van der Waals surface area contributed by atoms with Crippen molar-refractivity contribution in [1.29, 1.82) is 0 Å². The molecule has 6 nitrogen and oxygen atoms in total. The fraction of sp³-hybridized carbons (Fsp3) is 0.208. The Bertz CT molecular complexity index is 1010. The smallest absolute Gasteiger partial charge is 0.246 e. The second-order valence-corrected chi connectivity index (χ2v) is 7.08. The largest absolute Gasteiger partial charge is 0.439 e. The molecule has 2 aromatic carbocycles. The SMILES string of the molecule is Cc1nc(Oc2ccccc2)cc(N2CCN(C(=O)C=Cc3ccccc3)CC2)n1. The average Bonchev–Trinajstić information content (AvgIpc) is 2.78. The molecule has 4 rings (SSSR count). The van der Waals surface area contributed by atoms with Crippen molar-refractivity contribution in [3.63, 3.8) is 0 Å². The van der Waals surface area contributed by atoms with Gasteiger partial charge >= 0.3 is 0 Å². The minimum absolute atomic E-state index is 0.0328. The quantitative estimate of drug-likeness (QED) is 0.607. The van der Waals surface area contributed by atoms with E-state index in [9.17, 15) is 4.79 Å². The second kappa shape index (κ2) is 9.22. The minimum atomic E-state index is 0.0328. The Balaban J connectivity index is 1.38. The zero-order chi connectivity index (χ0) is 20.8. The molecule has 1 fully saturated rings. The molecule has 1 aliphatic heterocycles. The Labute approximate surface area is 176 Å². The van der Waals surface area contributed by atoms with Crippen LogP contribution in [0.5, 0.6) is 11.6 Å². The van der Waals surface area contributed by atoms with Crippen LogP contribution in [0.1, 0.15) is 11.4 Å². The monoisotopic (exact) mass is 400 g/mol. The van der Waals surface area contributed by atoms with Crippen molar-refractivity contribution in [2.24, 2.45) is 0 Å². The van der Waals surface area contributed by atoms with E-state index in [1.54, 1.807) is 6.08 Å². The fourth-order valence-corrected chi connectivity index (χ4v) is 3.34. The van der Waals surface area contributed by atoms with Crippen LogP contribution in [-0.4, -0.2) is 47.0 Å². The molecule has 2 heterocycles. The van der Waals surface area contributed by atoms with Crippen LogP contribution in [0.25, 0.3) is 6.08 Å². The summed E-state index contributed by atoms with van der Waals surface area (Å²) in [5.74, 6) is 2.77. The zero-order valence-electron chi connectivity index (χ0n) is 16.9. The molecular formula is C24H24N4O2. The highest BCUT2D eigenvalue weighted by Crippen LogP contribution is 2.24. The van der Waals surface area contributed by atoms with Crippen LogP contribution < -0.4 is 9.64 Å². The number of nitrogens with zero attached hydrogens (tertiary/aromatic N) is 4. The third-order valence-electron chi connectivity index (χ3n) is 4.90. The normalized spacial score (nSPS) is 14.2. The van der Waals surface area contributed by atoms with E-state index in [0.717, 1.165) is 17.1 Å². The van der Waals surface area contributed by atoms with Crippen molar-refractivity contribution in [2.45, 2.75) is 6.92 Å². The lowest BCUT2D eigenvalue weighted by atomic mass is 10.2. The summed E-state index contributed by atoms with van der Waals surface area (Å²) in [6.07, 6.45) is 3.50. The predicted molar refractivity (Wildman–Crippen MR) is 118 cm³/mol. The summed E-state index contributed by atoms with van der Waals surface area (Å²) in [7, 11) is 0. The number of carbonyl (C=O) groups is 1. The van der Waals surface area contributed by atoms with Gasteiger partial charge < -0.3 is 14.5 Å². The Hall–Kier alpha value is -3.67. The summed E-state index contributed by atoms with van der Waals surface area (Å²) < 4.78 is 5.87. The molecule has 30 heavy (non-hydrogen) atoms.